The van der Waals surface area contributed by atoms with Crippen molar-refractivity contribution in [1.82, 2.24) is 14.8 Å². The number of nitrogens with zero attached hydrogens (tertiary/aromatic N) is 3. The van der Waals surface area contributed by atoms with Crippen LogP contribution < -0.4 is 0 Å². The molecule has 2 saturated heterocycles. The third-order valence-electron chi connectivity index (χ3n) is 6.42. The zero-order valence-electron chi connectivity index (χ0n) is 17.0. The summed E-state index contributed by atoms with van der Waals surface area (Å²) in [6, 6.07) is 14.8. The Morgan fingerprint density at radius 1 is 1.10 bits per heavy atom. The Morgan fingerprint density at radius 3 is 2.63 bits per heavy atom. The predicted octanol–water partition coefficient (Wildman–Crippen LogP) is 2.61. The average Bonchev–Trinajstić information content (AvgIpc) is 2.82. The molecule has 1 N–H and O–H groups in total. The Morgan fingerprint density at radius 2 is 1.90 bits per heavy atom. The molecule has 0 unspecified atom stereocenters. The molecule has 0 spiro atoms. The van der Waals surface area contributed by atoms with Gasteiger partial charge in [-0.15, -0.1) is 0 Å². The number of piperidine rings is 2. The third-order valence-corrected chi connectivity index (χ3v) is 6.42. The predicted molar refractivity (Wildman–Crippen MR) is 114 cm³/mol. The Balaban J connectivity index is 1.55. The van der Waals surface area contributed by atoms with Crippen molar-refractivity contribution in [3.8, 4) is 0 Å². The highest BCUT2D eigenvalue weighted by Gasteiger charge is 2.49. The first-order valence-corrected chi connectivity index (χ1v) is 10.5. The monoisotopic (exact) mass is 405 g/mol. The molecule has 1 aromatic heterocycles. The van der Waals surface area contributed by atoms with Gasteiger partial charge in [-0.3, -0.25) is 14.6 Å². The summed E-state index contributed by atoms with van der Waals surface area (Å²) in [6.07, 6.45) is 7.43. The number of pyridine rings is 1. The number of benzene rings is 1. The maximum Gasteiger partial charge on any atom is 0.272 e. The molecule has 2 aliphatic rings. The molecule has 2 fully saturated rings. The summed E-state index contributed by atoms with van der Waals surface area (Å²) in [5.41, 5.74) is 1.02. The minimum atomic E-state index is -0.352. The van der Waals surface area contributed by atoms with Gasteiger partial charge in [0.25, 0.3) is 5.91 Å². The lowest BCUT2D eigenvalue weighted by Crippen LogP contribution is -2.64. The van der Waals surface area contributed by atoms with Crippen LogP contribution in [-0.2, 0) is 4.79 Å². The summed E-state index contributed by atoms with van der Waals surface area (Å²) in [7, 11) is 0. The SMILES string of the molecule is O=C(c1ccccn1)N1CC[C@]2(CO)CCCN(C(=O)C=Cc3ccccc3)[C@H]2C1. The summed E-state index contributed by atoms with van der Waals surface area (Å²) >= 11 is 0. The first-order valence-electron chi connectivity index (χ1n) is 10.5. The van der Waals surface area contributed by atoms with E-state index in [9.17, 15) is 14.7 Å². The van der Waals surface area contributed by atoms with Crippen molar-refractivity contribution in [2.24, 2.45) is 5.41 Å². The topological polar surface area (TPSA) is 73.7 Å². The second-order valence-electron chi connectivity index (χ2n) is 8.13. The van der Waals surface area contributed by atoms with Crippen LogP contribution in [0.25, 0.3) is 6.08 Å². The standard InChI is InChI=1S/C24H27N3O3/c28-18-24-12-6-15-27(22(29)11-10-19-7-2-1-3-8-19)21(24)17-26(16-13-24)23(30)20-9-4-5-14-25-20/h1-5,7-11,14,21,28H,6,12-13,15-18H2/t21-,24-/m0/s1. The molecule has 0 radical (unpaired) electrons. The number of amides is 2. The number of fused-ring (bicyclic) bond motifs is 1. The highest BCUT2D eigenvalue weighted by atomic mass is 16.3. The molecule has 6 nitrogen and oxygen atoms in total. The summed E-state index contributed by atoms with van der Waals surface area (Å²) in [4.78, 5) is 33.8. The molecule has 4 rings (SSSR count). The fourth-order valence-corrected chi connectivity index (χ4v) is 4.69. The van der Waals surface area contributed by atoms with Gasteiger partial charge in [-0.05, 0) is 43.0 Å². The fraction of sp³-hybridized carbons (Fsp3) is 0.375. The number of aliphatic hydroxyl groups is 1. The van der Waals surface area contributed by atoms with E-state index in [0.29, 0.717) is 31.7 Å². The van der Waals surface area contributed by atoms with Crippen molar-refractivity contribution in [2.45, 2.75) is 25.3 Å². The molecule has 0 aliphatic carbocycles. The zero-order valence-corrected chi connectivity index (χ0v) is 17.0. The van der Waals surface area contributed by atoms with Crippen molar-refractivity contribution < 1.29 is 14.7 Å². The molecule has 156 valence electrons. The van der Waals surface area contributed by atoms with Gasteiger partial charge in [-0.1, -0.05) is 36.4 Å². The smallest absolute Gasteiger partial charge is 0.272 e. The molecule has 0 saturated carbocycles. The second kappa shape index (κ2) is 8.79. The van der Waals surface area contributed by atoms with Crippen LogP contribution in [-0.4, -0.2) is 64.0 Å². The van der Waals surface area contributed by atoms with Gasteiger partial charge in [0.15, 0.2) is 0 Å². The third kappa shape index (κ3) is 4.00. The molecule has 1 aromatic carbocycles. The van der Waals surface area contributed by atoms with E-state index in [2.05, 4.69) is 4.98 Å². The molecule has 2 atom stereocenters. The first kappa shape index (κ1) is 20.3. The Labute approximate surface area is 176 Å². The van der Waals surface area contributed by atoms with Gasteiger partial charge in [-0.25, -0.2) is 0 Å². The number of aliphatic hydroxyl groups excluding tert-OH is 1. The van der Waals surface area contributed by atoms with Gasteiger partial charge in [0.05, 0.1) is 12.6 Å². The van der Waals surface area contributed by atoms with E-state index in [1.807, 2.05) is 41.3 Å². The van der Waals surface area contributed by atoms with Gasteiger partial charge in [0.1, 0.15) is 5.69 Å². The van der Waals surface area contributed by atoms with Gasteiger partial charge in [0, 0.05) is 37.3 Å². The van der Waals surface area contributed by atoms with Gasteiger partial charge in [0.2, 0.25) is 5.91 Å². The number of aromatic nitrogens is 1. The molecular weight excluding hydrogens is 378 g/mol. The second-order valence-corrected chi connectivity index (χ2v) is 8.13. The summed E-state index contributed by atoms with van der Waals surface area (Å²) < 4.78 is 0. The quantitative estimate of drug-likeness (QED) is 0.794. The average molecular weight is 405 g/mol. The number of carbonyl (C=O) groups is 2. The van der Waals surface area contributed by atoms with E-state index >= 15 is 0 Å². The highest BCUT2D eigenvalue weighted by Crippen LogP contribution is 2.42. The van der Waals surface area contributed by atoms with Crippen molar-refractivity contribution in [3.05, 3.63) is 72.1 Å². The zero-order chi connectivity index (χ0) is 21.0. The number of carbonyl (C=O) groups excluding carboxylic acids is 2. The molecule has 2 amide bonds. The Bertz CT molecular complexity index is 916. The van der Waals surface area contributed by atoms with Crippen LogP contribution in [0.4, 0.5) is 0 Å². The molecule has 0 bridgehead atoms. The Kier molecular flexibility index (Phi) is 5.95. The van der Waals surface area contributed by atoms with Gasteiger partial charge >= 0.3 is 0 Å². The van der Waals surface area contributed by atoms with Crippen molar-refractivity contribution in [2.75, 3.05) is 26.2 Å². The molecule has 2 aliphatic heterocycles. The molecule has 2 aromatic rings. The van der Waals surface area contributed by atoms with Crippen molar-refractivity contribution in [3.63, 3.8) is 0 Å². The largest absolute Gasteiger partial charge is 0.396 e. The minimum absolute atomic E-state index is 0.0233. The maximum atomic E-state index is 13.1. The van der Waals surface area contributed by atoms with Crippen LogP contribution in [0.1, 0.15) is 35.3 Å². The number of likely N-dealkylation sites (tertiary alicyclic amines) is 2. The van der Waals surface area contributed by atoms with Crippen LogP contribution in [0.5, 0.6) is 0 Å². The van der Waals surface area contributed by atoms with Crippen LogP contribution in [0, 0.1) is 5.41 Å². The van der Waals surface area contributed by atoms with Gasteiger partial charge in [-0.2, -0.15) is 0 Å². The van der Waals surface area contributed by atoms with Crippen molar-refractivity contribution >= 4 is 17.9 Å². The number of hydrogen-bond donors (Lipinski definition) is 1. The lowest BCUT2D eigenvalue weighted by molar-refractivity contribution is -0.140. The summed E-state index contributed by atoms with van der Waals surface area (Å²) in [6.45, 7) is 1.64. The lowest BCUT2D eigenvalue weighted by atomic mass is 9.69. The lowest BCUT2D eigenvalue weighted by Gasteiger charge is -2.54. The minimum Gasteiger partial charge on any atom is -0.396 e. The van der Waals surface area contributed by atoms with Gasteiger partial charge < -0.3 is 14.9 Å². The van der Waals surface area contributed by atoms with E-state index in [0.717, 1.165) is 18.4 Å². The van der Waals surface area contributed by atoms with Crippen LogP contribution >= 0.6 is 0 Å². The molecule has 3 heterocycles. The van der Waals surface area contributed by atoms with Crippen LogP contribution in [0.3, 0.4) is 0 Å². The maximum absolute atomic E-state index is 13.1. The first-order chi connectivity index (χ1) is 14.6. The van der Waals surface area contributed by atoms with Crippen LogP contribution in [0.15, 0.2) is 60.8 Å². The van der Waals surface area contributed by atoms with E-state index in [-0.39, 0.29) is 29.9 Å². The molecule has 30 heavy (non-hydrogen) atoms. The summed E-state index contributed by atoms with van der Waals surface area (Å²) in [5.74, 6) is -0.201. The number of hydrogen-bond acceptors (Lipinski definition) is 4. The van der Waals surface area contributed by atoms with Crippen LogP contribution in [0.2, 0.25) is 0 Å². The molecule has 6 heteroatoms. The van der Waals surface area contributed by atoms with Crippen molar-refractivity contribution in [1.29, 1.82) is 0 Å². The fourth-order valence-electron chi connectivity index (χ4n) is 4.69. The van der Waals surface area contributed by atoms with E-state index in [1.165, 1.54) is 0 Å². The van der Waals surface area contributed by atoms with E-state index in [1.54, 1.807) is 35.4 Å². The Hall–Kier alpha value is -2.99. The highest BCUT2D eigenvalue weighted by molar-refractivity contribution is 5.93. The molecular formula is C24H27N3O3. The summed E-state index contributed by atoms with van der Waals surface area (Å²) in [5, 5.41) is 10.3. The number of rotatable bonds is 4. The normalized spacial score (nSPS) is 24.0. The van der Waals surface area contributed by atoms with E-state index in [4.69, 9.17) is 0 Å². The van der Waals surface area contributed by atoms with E-state index < -0.39 is 0 Å².